The molecule has 8 nitrogen and oxygen atoms in total. The van der Waals surface area contributed by atoms with Crippen molar-refractivity contribution in [3.8, 4) is 11.5 Å². The molecule has 1 aliphatic carbocycles. The standard InChI is InChI=1S/C21H29N3O5/c1-13-9-20(2,3)12-21(10-13)18(26)24(19(27)23-21)11-17(25)22-15-8-14(28-4)6-7-16(15)29-5/h6-8,13H,9-12H2,1-5H3,(H,22,25)(H,23,27). The molecule has 2 unspecified atom stereocenters. The molecule has 1 aliphatic heterocycles. The molecule has 2 aliphatic rings. The van der Waals surface area contributed by atoms with Crippen molar-refractivity contribution in [1.29, 1.82) is 0 Å². The van der Waals surface area contributed by atoms with Crippen LogP contribution in [0.5, 0.6) is 11.5 Å². The van der Waals surface area contributed by atoms with E-state index in [4.69, 9.17) is 9.47 Å². The SMILES string of the molecule is COc1ccc(OC)c(NC(=O)CN2C(=O)NC3(CC(C)CC(C)(C)C3)C2=O)c1. The second-order valence-electron chi connectivity index (χ2n) is 8.87. The second kappa shape index (κ2) is 7.57. The zero-order valence-corrected chi connectivity index (χ0v) is 17.6. The number of nitrogens with one attached hydrogen (secondary N) is 2. The minimum Gasteiger partial charge on any atom is -0.497 e. The summed E-state index contributed by atoms with van der Waals surface area (Å²) in [6.07, 6.45) is 2.15. The van der Waals surface area contributed by atoms with Gasteiger partial charge in [0.2, 0.25) is 5.91 Å². The van der Waals surface area contributed by atoms with E-state index >= 15 is 0 Å². The lowest BCUT2D eigenvalue weighted by Gasteiger charge is -2.43. The van der Waals surface area contributed by atoms with Gasteiger partial charge in [-0.2, -0.15) is 0 Å². The monoisotopic (exact) mass is 403 g/mol. The van der Waals surface area contributed by atoms with Crippen molar-refractivity contribution in [2.75, 3.05) is 26.1 Å². The first-order chi connectivity index (χ1) is 13.6. The summed E-state index contributed by atoms with van der Waals surface area (Å²) >= 11 is 0. The molecular formula is C21H29N3O5. The van der Waals surface area contributed by atoms with Crippen LogP contribution in [-0.4, -0.2) is 49.0 Å². The number of imide groups is 1. The Morgan fingerprint density at radius 1 is 1.24 bits per heavy atom. The van der Waals surface area contributed by atoms with Crippen LogP contribution in [0.3, 0.4) is 0 Å². The normalized spacial score (nSPS) is 25.7. The third-order valence-electron chi connectivity index (χ3n) is 5.61. The van der Waals surface area contributed by atoms with E-state index in [1.54, 1.807) is 18.2 Å². The van der Waals surface area contributed by atoms with Gasteiger partial charge in [-0.15, -0.1) is 0 Å². The Morgan fingerprint density at radius 3 is 2.59 bits per heavy atom. The molecular weight excluding hydrogens is 374 g/mol. The average molecular weight is 403 g/mol. The molecule has 3 rings (SSSR count). The summed E-state index contributed by atoms with van der Waals surface area (Å²) in [5.41, 5.74) is -0.579. The fourth-order valence-electron chi connectivity index (χ4n) is 4.89. The van der Waals surface area contributed by atoms with Crippen LogP contribution in [0.25, 0.3) is 0 Å². The molecule has 1 saturated heterocycles. The fourth-order valence-corrected chi connectivity index (χ4v) is 4.89. The molecule has 2 atom stereocenters. The summed E-state index contributed by atoms with van der Waals surface area (Å²) in [6.45, 7) is 5.94. The van der Waals surface area contributed by atoms with Crippen LogP contribution in [0, 0.1) is 11.3 Å². The third kappa shape index (κ3) is 4.16. The summed E-state index contributed by atoms with van der Waals surface area (Å²) in [7, 11) is 3.01. The third-order valence-corrected chi connectivity index (χ3v) is 5.61. The number of rotatable bonds is 5. The number of benzene rings is 1. The molecule has 2 N–H and O–H groups in total. The number of urea groups is 1. The predicted octanol–water partition coefficient (Wildman–Crippen LogP) is 2.78. The highest BCUT2D eigenvalue weighted by Gasteiger charge is 2.56. The number of amides is 4. The minimum absolute atomic E-state index is 0.0627. The van der Waals surface area contributed by atoms with E-state index in [0.29, 0.717) is 35.9 Å². The second-order valence-corrected chi connectivity index (χ2v) is 8.87. The predicted molar refractivity (Wildman–Crippen MR) is 108 cm³/mol. The van der Waals surface area contributed by atoms with E-state index in [1.165, 1.54) is 14.2 Å². The average Bonchev–Trinajstić information content (AvgIpc) is 2.83. The molecule has 1 aromatic rings. The zero-order valence-electron chi connectivity index (χ0n) is 17.6. The minimum atomic E-state index is -0.924. The van der Waals surface area contributed by atoms with Crippen LogP contribution in [0.1, 0.15) is 40.0 Å². The summed E-state index contributed by atoms with van der Waals surface area (Å²) in [5.74, 6) is 0.497. The van der Waals surface area contributed by atoms with Crippen LogP contribution in [0.15, 0.2) is 18.2 Å². The van der Waals surface area contributed by atoms with Gasteiger partial charge < -0.3 is 20.1 Å². The molecule has 1 aromatic carbocycles. The molecule has 158 valence electrons. The van der Waals surface area contributed by atoms with Crippen molar-refractivity contribution in [2.45, 2.75) is 45.6 Å². The van der Waals surface area contributed by atoms with E-state index < -0.39 is 17.5 Å². The van der Waals surface area contributed by atoms with Gasteiger partial charge >= 0.3 is 6.03 Å². The molecule has 1 spiro atoms. The van der Waals surface area contributed by atoms with Gasteiger partial charge in [-0.25, -0.2) is 4.79 Å². The van der Waals surface area contributed by atoms with E-state index in [-0.39, 0.29) is 17.9 Å². The molecule has 0 bridgehead atoms. The highest BCUT2D eigenvalue weighted by Crippen LogP contribution is 2.46. The van der Waals surface area contributed by atoms with Gasteiger partial charge in [0.05, 0.1) is 19.9 Å². The molecule has 4 amide bonds. The van der Waals surface area contributed by atoms with E-state index in [9.17, 15) is 14.4 Å². The Balaban J connectivity index is 1.75. The Morgan fingerprint density at radius 2 is 1.97 bits per heavy atom. The van der Waals surface area contributed by atoms with Crippen molar-refractivity contribution < 1.29 is 23.9 Å². The van der Waals surface area contributed by atoms with Crippen molar-refractivity contribution in [2.24, 2.45) is 11.3 Å². The van der Waals surface area contributed by atoms with E-state index in [1.807, 2.05) is 0 Å². The first-order valence-corrected chi connectivity index (χ1v) is 9.75. The van der Waals surface area contributed by atoms with Crippen molar-refractivity contribution in [1.82, 2.24) is 10.2 Å². The first kappa shape index (κ1) is 21.0. The largest absolute Gasteiger partial charge is 0.497 e. The smallest absolute Gasteiger partial charge is 0.325 e. The Hall–Kier alpha value is -2.77. The number of carbonyl (C=O) groups excluding carboxylic acids is 3. The number of nitrogens with zero attached hydrogens (tertiary/aromatic N) is 1. The van der Waals surface area contributed by atoms with Crippen molar-refractivity contribution in [3.05, 3.63) is 18.2 Å². The van der Waals surface area contributed by atoms with Crippen LogP contribution < -0.4 is 20.1 Å². The lowest BCUT2D eigenvalue weighted by molar-refractivity contribution is -0.136. The summed E-state index contributed by atoms with van der Waals surface area (Å²) in [6, 6.07) is 4.48. The van der Waals surface area contributed by atoms with Crippen LogP contribution in [-0.2, 0) is 9.59 Å². The maximum atomic E-state index is 13.2. The van der Waals surface area contributed by atoms with Crippen LogP contribution in [0.4, 0.5) is 10.5 Å². The lowest BCUT2D eigenvalue weighted by atomic mass is 9.64. The van der Waals surface area contributed by atoms with Gasteiger partial charge in [0.1, 0.15) is 23.6 Å². The maximum absolute atomic E-state index is 13.2. The highest BCUT2D eigenvalue weighted by molar-refractivity contribution is 6.10. The number of hydrogen-bond acceptors (Lipinski definition) is 5. The van der Waals surface area contributed by atoms with Gasteiger partial charge in [-0.3, -0.25) is 14.5 Å². The number of hydrogen-bond donors (Lipinski definition) is 2. The van der Waals surface area contributed by atoms with Crippen LogP contribution in [0.2, 0.25) is 0 Å². The number of methoxy groups -OCH3 is 2. The van der Waals surface area contributed by atoms with Crippen molar-refractivity contribution >= 4 is 23.5 Å². The summed E-state index contributed by atoms with van der Waals surface area (Å²) in [5, 5.41) is 5.58. The summed E-state index contributed by atoms with van der Waals surface area (Å²) < 4.78 is 10.4. The van der Waals surface area contributed by atoms with Gasteiger partial charge in [0, 0.05) is 6.07 Å². The Bertz CT molecular complexity index is 838. The Labute approximate surface area is 170 Å². The molecule has 0 aromatic heterocycles. The molecule has 0 radical (unpaired) electrons. The molecule has 1 heterocycles. The van der Waals surface area contributed by atoms with E-state index in [2.05, 4.69) is 31.4 Å². The van der Waals surface area contributed by atoms with Crippen molar-refractivity contribution in [3.63, 3.8) is 0 Å². The van der Waals surface area contributed by atoms with E-state index in [0.717, 1.165) is 11.3 Å². The molecule has 2 fully saturated rings. The highest BCUT2D eigenvalue weighted by atomic mass is 16.5. The van der Waals surface area contributed by atoms with Gasteiger partial charge in [-0.05, 0) is 42.7 Å². The zero-order chi connectivity index (χ0) is 21.4. The number of ether oxygens (including phenoxy) is 2. The van der Waals surface area contributed by atoms with Crippen LogP contribution >= 0.6 is 0 Å². The Kier molecular flexibility index (Phi) is 5.47. The van der Waals surface area contributed by atoms with Gasteiger partial charge in [0.25, 0.3) is 5.91 Å². The molecule has 8 heteroatoms. The lowest BCUT2D eigenvalue weighted by Crippen LogP contribution is -2.54. The first-order valence-electron chi connectivity index (χ1n) is 9.75. The quantitative estimate of drug-likeness (QED) is 0.737. The van der Waals surface area contributed by atoms with Gasteiger partial charge in [0.15, 0.2) is 0 Å². The fraction of sp³-hybridized carbons (Fsp3) is 0.571. The molecule has 1 saturated carbocycles. The van der Waals surface area contributed by atoms with Gasteiger partial charge in [-0.1, -0.05) is 20.8 Å². The maximum Gasteiger partial charge on any atom is 0.325 e. The number of anilines is 1. The number of carbonyl (C=O) groups is 3. The molecule has 29 heavy (non-hydrogen) atoms. The topological polar surface area (TPSA) is 97.0 Å². The summed E-state index contributed by atoms with van der Waals surface area (Å²) in [4.78, 5) is 39.3.